The van der Waals surface area contributed by atoms with E-state index >= 15 is 0 Å². The zero-order chi connectivity index (χ0) is 12.6. The number of nitrogens with zero attached hydrogens (tertiary/aromatic N) is 1. The molecule has 16 heavy (non-hydrogen) atoms. The molecule has 0 unspecified atom stereocenters. The van der Waals surface area contributed by atoms with Gasteiger partial charge in [-0.2, -0.15) is 0 Å². The molecule has 0 aromatic rings. The zero-order valence-electron chi connectivity index (χ0n) is 11.5. The second-order valence-electron chi connectivity index (χ2n) is 4.72. The van der Waals surface area contributed by atoms with E-state index in [0.29, 0.717) is 18.7 Å². The lowest BCUT2D eigenvalue weighted by atomic mass is 10.2. The van der Waals surface area contributed by atoms with E-state index in [2.05, 4.69) is 44.4 Å². The van der Waals surface area contributed by atoms with Gasteiger partial charge < -0.3 is 4.74 Å². The highest BCUT2D eigenvalue weighted by molar-refractivity contribution is 5.03. The average Bonchev–Trinajstić information content (AvgIpc) is 2.14. The van der Waals surface area contributed by atoms with Crippen LogP contribution in [0.15, 0.2) is 11.8 Å². The fourth-order valence-electron chi connectivity index (χ4n) is 1.41. The molecule has 0 heterocycles. The molecule has 0 saturated carbocycles. The molecule has 0 saturated heterocycles. The Labute approximate surface area is 101 Å². The normalized spacial score (nSPS) is 10.3. The van der Waals surface area contributed by atoms with Crippen LogP contribution in [0.2, 0.25) is 0 Å². The van der Waals surface area contributed by atoms with Gasteiger partial charge in [0.1, 0.15) is 6.61 Å². The lowest BCUT2D eigenvalue weighted by Crippen LogP contribution is -2.37. The third kappa shape index (κ3) is 7.36. The van der Waals surface area contributed by atoms with Crippen molar-refractivity contribution in [3.63, 3.8) is 0 Å². The monoisotopic (exact) mass is 223 g/mol. The summed E-state index contributed by atoms with van der Waals surface area (Å²) in [6, 6.07) is 1.07. The fraction of sp³-hybridized carbons (Fsp3) is 0.714. The summed E-state index contributed by atoms with van der Waals surface area (Å²) in [5.74, 6) is 6.17. The predicted molar refractivity (Wildman–Crippen MR) is 70.1 cm³/mol. The van der Waals surface area contributed by atoms with Crippen molar-refractivity contribution < 1.29 is 4.74 Å². The van der Waals surface area contributed by atoms with Crippen molar-refractivity contribution in [1.82, 2.24) is 4.90 Å². The Morgan fingerprint density at radius 2 is 1.69 bits per heavy atom. The number of allylic oxidation sites excluding steroid dienone is 1. The van der Waals surface area contributed by atoms with Crippen LogP contribution in [0.1, 0.15) is 41.5 Å². The number of ether oxygens (including phenoxy) is 1. The van der Waals surface area contributed by atoms with E-state index in [0.717, 1.165) is 12.1 Å². The van der Waals surface area contributed by atoms with Crippen molar-refractivity contribution in [3.05, 3.63) is 11.8 Å². The van der Waals surface area contributed by atoms with Crippen molar-refractivity contribution >= 4 is 0 Å². The molecule has 2 heteroatoms. The van der Waals surface area contributed by atoms with E-state index in [1.807, 2.05) is 13.8 Å². The Hall–Kier alpha value is -0.940. The Kier molecular flexibility index (Phi) is 7.76. The summed E-state index contributed by atoms with van der Waals surface area (Å²) in [7, 11) is 0. The Bertz CT molecular complexity index is 256. The van der Waals surface area contributed by atoms with Crippen LogP contribution in [0.3, 0.4) is 0 Å². The van der Waals surface area contributed by atoms with Gasteiger partial charge in [-0.3, -0.25) is 4.90 Å². The van der Waals surface area contributed by atoms with E-state index in [-0.39, 0.29) is 0 Å². The first-order valence-corrected chi connectivity index (χ1v) is 5.91. The molecule has 92 valence electrons. The quantitative estimate of drug-likeness (QED) is 0.403. The number of rotatable bonds is 5. The molecule has 0 spiro atoms. The van der Waals surface area contributed by atoms with Gasteiger partial charge in [0.15, 0.2) is 0 Å². The third-order valence-electron chi connectivity index (χ3n) is 2.19. The molecule has 0 atom stereocenters. The second kappa shape index (κ2) is 8.24. The number of hydrogen-bond acceptors (Lipinski definition) is 2. The van der Waals surface area contributed by atoms with Crippen molar-refractivity contribution in [2.24, 2.45) is 0 Å². The molecular formula is C14H25NO. The topological polar surface area (TPSA) is 12.5 Å². The van der Waals surface area contributed by atoms with Crippen LogP contribution in [-0.4, -0.2) is 30.1 Å². The summed E-state index contributed by atoms with van der Waals surface area (Å²) < 4.78 is 5.24. The molecule has 0 aromatic heterocycles. The molecule has 0 rings (SSSR count). The lowest BCUT2D eigenvalue weighted by molar-refractivity contribution is 0.199. The van der Waals surface area contributed by atoms with Crippen molar-refractivity contribution in [1.29, 1.82) is 0 Å². The van der Waals surface area contributed by atoms with Crippen molar-refractivity contribution in [3.8, 4) is 11.8 Å². The third-order valence-corrected chi connectivity index (χ3v) is 2.19. The molecular weight excluding hydrogens is 198 g/mol. The highest BCUT2D eigenvalue weighted by Crippen LogP contribution is 2.02. The Morgan fingerprint density at radius 3 is 2.12 bits per heavy atom. The summed E-state index contributed by atoms with van der Waals surface area (Å²) in [6.45, 7) is 14.1. The van der Waals surface area contributed by atoms with Crippen LogP contribution in [0.4, 0.5) is 0 Å². The second-order valence-corrected chi connectivity index (χ2v) is 4.72. The van der Waals surface area contributed by atoms with Crippen LogP contribution >= 0.6 is 0 Å². The SMILES string of the molecule is CC(C)=COCC#CCN(C(C)C)C(C)C. The van der Waals surface area contributed by atoms with Crippen molar-refractivity contribution in [2.75, 3.05) is 13.2 Å². The van der Waals surface area contributed by atoms with Gasteiger partial charge in [0.2, 0.25) is 0 Å². The summed E-state index contributed by atoms with van der Waals surface area (Å²) in [5, 5.41) is 0. The molecule has 0 amide bonds. The van der Waals surface area contributed by atoms with Gasteiger partial charge in [0.25, 0.3) is 0 Å². The smallest absolute Gasteiger partial charge is 0.148 e. The summed E-state index contributed by atoms with van der Waals surface area (Å²) in [5.41, 5.74) is 1.16. The summed E-state index contributed by atoms with van der Waals surface area (Å²) in [6.07, 6.45) is 1.75. The lowest BCUT2D eigenvalue weighted by Gasteiger charge is -2.28. The van der Waals surface area contributed by atoms with E-state index < -0.39 is 0 Å². The minimum absolute atomic E-state index is 0.481. The van der Waals surface area contributed by atoms with Crippen LogP contribution < -0.4 is 0 Å². The minimum atomic E-state index is 0.481. The molecule has 0 aliphatic rings. The van der Waals surface area contributed by atoms with Crippen LogP contribution in [0.25, 0.3) is 0 Å². The molecule has 0 fully saturated rings. The maximum Gasteiger partial charge on any atom is 0.148 e. The molecule has 0 aromatic carbocycles. The van der Waals surface area contributed by atoms with E-state index in [4.69, 9.17) is 4.74 Å². The molecule has 0 bridgehead atoms. The summed E-state index contributed by atoms with van der Waals surface area (Å²) >= 11 is 0. The van der Waals surface area contributed by atoms with Gasteiger partial charge in [-0.05, 0) is 47.1 Å². The van der Waals surface area contributed by atoms with Crippen LogP contribution in [0.5, 0.6) is 0 Å². The molecule has 0 aliphatic carbocycles. The molecule has 0 radical (unpaired) electrons. The Balaban J connectivity index is 3.93. The van der Waals surface area contributed by atoms with Gasteiger partial charge >= 0.3 is 0 Å². The fourth-order valence-corrected chi connectivity index (χ4v) is 1.41. The first kappa shape index (κ1) is 15.1. The van der Waals surface area contributed by atoms with Crippen molar-refractivity contribution in [2.45, 2.75) is 53.6 Å². The van der Waals surface area contributed by atoms with Crippen LogP contribution in [0, 0.1) is 11.8 Å². The maximum absolute atomic E-state index is 5.24. The van der Waals surface area contributed by atoms with Gasteiger partial charge in [0.05, 0.1) is 12.8 Å². The van der Waals surface area contributed by atoms with Gasteiger partial charge in [-0.15, -0.1) is 0 Å². The minimum Gasteiger partial charge on any atom is -0.489 e. The standard InChI is InChI=1S/C14H25NO/c1-12(2)11-16-10-8-7-9-15(13(3)4)14(5)6/h11,13-14H,9-10H2,1-6H3. The first-order chi connectivity index (χ1) is 7.45. The maximum atomic E-state index is 5.24. The Morgan fingerprint density at radius 1 is 1.12 bits per heavy atom. The predicted octanol–water partition coefficient (Wildman–Crippen LogP) is 3.05. The highest BCUT2D eigenvalue weighted by atomic mass is 16.5. The van der Waals surface area contributed by atoms with E-state index in [1.54, 1.807) is 6.26 Å². The molecule has 0 N–H and O–H groups in total. The van der Waals surface area contributed by atoms with Gasteiger partial charge in [0, 0.05) is 12.1 Å². The first-order valence-electron chi connectivity index (χ1n) is 5.91. The van der Waals surface area contributed by atoms with Gasteiger partial charge in [-0.25, -0.2) is 0 Å². The highest BCUT2D eigenvalue weighted by Gasteiger charge is 2.10. The summed E-state index contributed by atoms with van der Waals surface area (Å²) in [4.78, 5) is 2.36. The van der Waals surface area contributed by atoms with Gasteiger partial charge in [-0.1, -0.05) is 11.8 Å². The van der Waals surface area contributed by atoms with E-state index in [9.17, 15) is 0 Å². The average molecular weight is 223 g/mol. The van der Waals surface area contributed by atoms with E-state index in [1.165, 1.54) is 0 Å². The molecule has 0 aliphatic heterocycles. The zero-order valence-corrected chi connectivity index (χ0v) is 11.5. The molecule has 2 nitrogen and oxygen atoms in total. The van der Waals surface area contributed by atoms with Crippen LogP contribution in [-0.2, 0) is 4.74 Å². The largest absolute Gasteiger partial charge is 0.489 e. The number of hydrogen-bond donors (Lipinski definition) is 0.